The number of methoxy groups -OCH3 is 3. The second-order valence-electron chi connectivity index (χ2n) is 17.9. The number of hydrogen-bond donors (Lipinski definition) is 3. The van der Waals surface area contributed by atoms with Crippen LogP contribution in [0.2, 0.25) is 0 Å². The Labute approximate surface area is 317 Å². The number of nitrogens with zero attached hydrogens (tertiary/aromatic N) is 3. The number of para-hydroxylation sites is 1. The van der Waals surface area contributed by atoms with E-state index in [1.807, 2.05) is 32.2 Å². The fraction of sp³-hybridized carbons (Fsp3) is 0.628. The molecule has 1 aromatic heterocycles. The molecule has 6 aliphatic rings. The first-order valence-electron chi connectivity index (χ1n) is 20.0. The van der Waals surface area contributed by atoms with Gasteiger partial charge < -0.3 is 34.3 Å². The third kappa shape index (κ3) is 4.61. The molecule has 3 saturated heterocycles. The van der Waals surface area contributed by atoms with Gasteiger partial charge in [0.2, 0.25) is 0 Å². The predicted octanol–water partition coefficient (Wildman–Crippen LogP) is 4.28. The smallest absolute Gasteiger partial charge is 0.340 e. The van der Waals surface area contributed by atoms with Gasteiger partial charge in [-0.05, 0) is 99.0 Å². The zero-order valence-corrected chi connectivity index (χ0v) is 32.7. The minimum absolute atomic E-state index is 0.0330. The summed E-state index contributed by atoms with van der Waals surface area (Å²) < 4.78 is 17.7. The zero-order valence-electron chi connectivity index (χ0n) is 32.7. The molecule has 9 atom stereocenters. The molecular weight excluding hydrogens is 684 g/mol. The van der Waals surface area contributed by atoms with Gasteiger partial charge in [-0.15, -0.1) is 0 Å². The Morgan fingerprint density at radius 1 is 0.963 bits per heavy atom. The summed E-state index contributed by atoms with van der Waals surface area (Å²) in [5.41, 5.74) is 0.540. The monoisotopic (exact) mass is 740 g/mol. The number of nitrogens with one attached hydrogen (secondary N) is 1. The van der Waals surface area contributed by atoms with Crippen LogP contribution in [0.15, 0.2) is 36.4 Å². The highest BCUT2D eigenvalue weighted by molar-refractivity contribution is 5.94. The van der Waals surface area contributed by atoms with E-state index in [1.165, 1.54) is 14.2 Å². The molecule has 3 aromatic rings. The average Bonchev–Trinajstić information content (AvgIpc) is 3.82. The summed E-state index contributed by atoms with van der Waals surface area (Å²) >= 11 is 0. The number of anilines is 1. The molecule has 0 radical (unpaired) electrons. The van der Waals surface area contributed by atoms with E-state index in [0.29, 0.717) is 50.0 Å². The fourth-order valence-corrected chi connectivity index (χ4v) is 13.4. The number of aliphatic hydroxyl groups is 2. The lowest BCUT2D eigenvalue weighted by Crippen LogP contribution is -2.74. The Hall–Kier alpha value is -3.64. The summed E-state index contributed by atoms with van der Waals surface area (Å²) in [6.07, 6.45) is 5.24. The first-order valence-corrected chi connectivity index (χ1v) is 20.0. The van der Waals surface area contributed by atoms with Gasteiger partial charge in [0.15, 0.2) is 5.60 Å². The number of hydrogen-bond acceptors (Lipinski definition) is 10. The van der Waals surface area contributed by atoms with E-state index in [2.05, 4.69) is 44.8 Å². The summed E-state index contributed by atoms with van der Waals surface area (Å²) in [6, 6.07) is 12.0. The van der Waals surface area contributed by atoms with Crippen LogP contribution in [0.3, 0.4) is 0 Å². The molecule has 1 spiro atoms. The largest absolute Gasteiger partial charge is 0.496 e. The number of carbonyl (C=O) groups excluding carboxylic acids is 2. The van der Waals surface area contributed by atoms with E-state index in [1.54, 1.807) is 7.11 Å². The Morgan fingerprint density at radius 2 is 1.74 bits per heavy atom. The molecule has 1 unspecified atom stereocenters. The third-order valence-electron chi connectivity index (χ3n) is 15.1. The van der Waals surface area contributed by atoms with Crippen LogP contribution in [-0.2, 0) is 36.3 Å². The van der Waals surface area contributed by atoms with E-state index < -0.39 is 34.0 Å². The summed E-state index contributed by atoms with van der Waals surface area (Å²) in [4.78, 5) is 39.9. The van der Waals surface area contributed by atoms with Gasteiger partial charge in [0.1, 0.15) is 11.2 Å². The van der Waals surface area contributed by atoms with Gasteiger partial charge in [-0.25, -0.2) is 4.79 Å². The van der Waals surface area contributed by atoms with Gasteiger partial charge in [0, 0.05) is 72.1 Å². The third-order valence-corrected chi connectivity index (χ3v) is 15.1. The first kappa shape index (κ1) is 36.0. The van der Waals surface area contributed by atoms with E-state index in [9.17, 15) is 15.0 Å². The molecule has 11 heteroatoms. The van der Waals surface area contributed by atoms with Crippen molar-refractivity contribution in [2.24, 2.45) is 11.3 Å². The molecule has 54 heavy (non-hydrogen) atoms. The SMILES string of the molecule is CC[C@]1(O)C[C@@H]2CN(CCc3c([nH]c4ccccc34)[C@@](C(=O)OC)(c3cc4c(cc3OC)N(C)[C@@H]3[C@]45CCN4CCC[C@@](C)(C[C@]3(O)C(=O)OC)[C@H]45)C2)C1. The van der Waals surface area contributed by atoms with Crippen LogP contribution in [-0.4, -0.2) is 121 Å². The summed E-state index contributed by atoms with van der Waals surface area (Å²) in [5.74, 6) is -0.462. The number of esters is 2. The highest BCUT2D eigenvalue weighted by Crippen LogP contribution is 2.67. The van der Waals surface area contributed by atoms with Gasteiger partial charge in [0.25, 0.3) is 0 Å². The Bertz CT molecular complexity index is 2030. The van der Waals surface area contributed by atoms with Crippen molar-refractivity contribution in [2.75, 3.05) is 66.0 Å². The lowest BCUT2D eigenvalue weighted by Gasteiger charge is -2.61. The maximum Gasteiger partial charge on any atom is 0.340 e. The van der Waals surface area contributed by atoms with Crippen molar-refractivity contribution in [1.29, 1.82) is 0 Å². The van der Waals surface area contributed by atoms with Crippen molar-refractivity contribution < 1.29 is 34.0 Å². The van der Waals surface area contributed by atoms with Crippen molar-refractivity contribution in [3.05, 3.63) is 58.8 Å². The van der Waals surface area contributed by atoms with Gasteiger partial charge in [-0.2, -0.15) is 0 Å². The number of aromatic amines is 1. The maximum absolute atomic E-state index is 15.2. The van der Waals surface area contributed by atoms with Crippen LogP contribution in [0, 0.1) is 11.3 Å². The zero-order chi connectivity index (χ0) is 38.0. The molecule has 1 saturated carbocycles. The summed E-state index contributed by atoms with van der Waals surface area (Å²) in [5, 5.41) is 25.8. The molecule has 11 nitrogen and oxygen atoms in total. The predicted molar refractivity (Wildman–Crippen MR) is 205 cm³/mol. The lowest BCUT2D eigenvalue weighted by molar-refractivity contribution is -0.186. The molecule has 0 amide bonds. The van der Waals surface area contributed by atoms with Gasteiger partial charge in [-0.1, -0.05) is 32.0 Å². The Balaban J connectivity index is 1.35. The van der Waals surface area contributed by atoms with E-state index in [0.717, 1.165) is 78.9 Å². The number of carbonyl (C=O) groups is 2. The Morgan fingerprint density at radius 3 is 2.48 bits per heavy atom. The minimum Gasteiger partial charge on any atom is -0.496 e. The van der Waals surface area contributed by atoms with Crippen LogP contribution in [0.25, 0.3) is 10.9 Å². The quantitative estimate of drug-likeness (QED) is 0.327. The van der Waals surface area contributed by atoms with Crippen molar-refractivity contribution in [1.82, 2.24) is 14.8 Å². The fourth-order valence-electron chi connectivity index (χ4n) is 13.4. The van der Waals surface area contributed by atoms with Gasteiger partial charge in [-0.3, -0.25) is 14.6 Å². The molecule has 9 rings (SSSR count). The molecule has 1 aliphatic carbocycles. The molecule has 290 valence electrons. The van der Waals surface area contributed by atoms with Gasteiger partial charge in [0.05, 0.1) is 33.0 Å². The highest BCUT2D eigenvalue weighted by atomic mass is 16.5. The number of ether oxygens (including phenoxy) is 3. The molecule has 4 fully saturated rings. The van der Waals surface area contributed by atoms with Gasteiger partial charge >= 0.3 is 11.9 Å². The van der Waals surface area contributed by atoms with Crippen LogP contribution < -0.4 is 9.64 Å². The number of piperidine rings is 2. The number of rotatable bonds is 5. The standard InChI is InChI=1S/C43H56N4O7/c1-7-40(50)21-26-22-42(37(48)53-5,34-28(13-17-46(23-26)25-40)27-11-8-9-12-31(27)44-34)30-19-29-32(20-33(30)52-4)45(3)36-41(29)15-18-47-16-10-14-39(2,35(41)47)24-43(36,51)38(49)54-6/h8-9,11-12,19-20,26,35-36,44,50-51H,7,10,13-18,21-25H2,1-6H3/t26-,35-,36+,39-,40-,41+,42-,43+/m0/s1. The van der Waals surface area contributed by atoms with Crippen LogP contribution >= 0.6 is 0 Å². The number of benzene rings is 2. The van der Waals surface area contributed by atoms with Crippen molar-refractivity contribution in [3.63, 3.8) is 0 Å². The van der Waals surface area contributed by atoms with E-state index in [-0.39, 0.29) is 23.3 Å². The minimum atomic E-state index is -1.76. The van der Waals surface area contributed by atoms with Crippen LogP contribution in [0.5, 0.6) is 5.75 Å². The Kier molecular flexibility index (Phi) is 8.12. The van der Waals surface area contributed by atoms with Crippen molar-refractivity contribution >= 4 is 28.5 Å². The number of H-pyrrole nitrogens is 1. The number of aromatic nitrogens is 1. The lowest BCUT2D eigenvalue weighted by atomic mass is 9.49. The molecule has 2 bridgehead atoms. The number of likely N-dealkylation sites (N-methyl/N-ethyl adjacent to an activating group) is 1. The van der Waals surface area contributed by atoms with E-state index >= 15 is 4.79 Å². The van der Waals surface area contributed by atoms with Crippen LogP contribution in [0.4, 0.5) is 5.69 Å². The van der Waals surface area contributed by atoms with Crippen molar-refractivity contribution in [3.8, 4) is 5.75 Å². The molecule has 5 aliphatic heterocycles. The summed E-state index contributed by atoms with van der Waals surface area (Å²) in [6.45, 7) is 8.22. The molecular formula is C43H56N4O7. The van der Waals surface area contributed by atoms with Crippen LogP contribution in [0.1, 0.15) is 81.2 Å². The molecule has 2 aromatic carbocycles. The van der Waals surface area contributed by atoms with Crippen molar-refractivity contribution in [2.45, 2.75) is 99.3 Å². The maximum atomic E-state index is 15.2. The summed E-state index contributed by atoms with van der Waals surface area (Å²) in [7, 11) is 6.47. The number of fused-ring (bicyclic) bond motifs is 6. The van der Waals surface area contributed by atoms with E-state index in [4.69, 9.17) is 14.2 Å². The topological polar surface area (TPSA) is 128 Å². The average molecular weight is 741 g/mol. The molecule has 6 heterocycles. The second-order valence-corrected chi connectivity index (χ2v) is 17.9. The second kappa shape index (κ2) is 12.2. The normalized spacial score (nSPS) is 38.3. The molecule has 3 N–H and O–H groups in total. The first-order chi connectivity index (χ1) is 25.8. The highest BCUT2D eigenvalue weighted by Gasteiger charge is 2.75.